The highest BCUT2D eigenvalue weighted by atomic mass is 35.5. The molecule has 2 amide bonds. The zero-order valence-electron chi connectivity index (χ0n) is 13.7. The molecular formula is C18H22Cl2N2O2. The molecule has 6 heteroatoms. The molecule has 0 aromatic heterocycles. The lowest BCUT2D eigenvalue weighted by Gasteiger charge is -2.32. The number of likely N-dealkylation sites (tertiary alicyclic amines) is 1. The van der Waals surface area contributed by atoms with Gasteiger partial charge in [0.2, 0.25) is 11.8 Å². The predicted molar refractivity (Wildman–Crippen MR) is 95.0 cm³/mol. The van der Waals surface area contributed by atoms with Crippen LogP contribution in [-0.2, 0) is 9.59 Å². The number of carbonyl (C=O) groups is 2. The third-order valence-corrected chi connectivity index (χ3v) is 5.65. The average molecular weight is 369 g/mol. The van der Waals surface area contributed by atoms with Gasteiger partial charge in [-0.1, -0.05) is 29.3 Å². The van der Waals surface area contributed by atoms with Crippen LogP contribution in [0.3, 0.4) is 0 Å². The third kappa shape index (κ3) is 4.04. The fourth-order valence-electron chi connectivity index (χ4n) is 3.15. The topological polar surface area (TPSA) is 49.4 Å². The number of nitrogens with zero attached hydrogens (tertiary/aromatic N) is 1. The molecular weight excluding hydrogens is 347 g/mol. The summed E-state index contributed by atoms with van der Waals surface area (Å²) >= 11 is 12.0. The highest BCUT2D eigenvalue weighted by Gasteiger charge is 2.36. The van der Waals surface area contributed by atoms with Crippen molar-refractivity contribution in [3.8, 4) is 0 Å². The van der Waals surface area contributed by atoms with Crippen molar-refractivity contribution in [1.29, 1.82) is 0 Å². The zero-order valence-corrected chi connectivity index (χ0v) is 15.2. The number of rotatable bonds is 4. The van der Waals surface area contributed by atoms with Crippen LogP contribution >= 0.6 is 23.2 Å². The Hall–Kier alpha value is -1.26. The van der Waals surface area contributed by atoms with Crippen LogP contribution < -0.4 is 5.32 Å². The molecule has 1 heterocycles. The van der Waals surface area contributed by atoms with Crippen molar-refractivity contribution in [2.24, 2.45) is 11.8 Å². The van der Waals surface area contributed by atoms with E-state index >= 15 is 0 Å². The fraction of sp³-hybridized carbons (Fsp3) is 0.556. The van der Waals surface area contributed by atoms with Crippen molar-refractivity contribution in [2.45, 2.75) is 38.6 Å². The molecule has 2 aliphatic rings. The summed E-state index contributed by atoms with van der Waals surface area (Å²) in [7, 11) is 0. The minimum absolute atomic E-state index is 0.0292. The zero-order chi connectivity index (χ0) is 17.3. The van der Waals surface area contributed by atoms with E-state index in [1.54, 1.807) is 12.1 Å². The van der Waals surface area contributed by atoms with E-state index in [0.717, 1.165) is 31.2 Å². The molecule has 1 unspecified atom stereocenters. The van der Waals surface area contributed by atoms with Gasteiger partial charge in [-0.15, -0.1) is 0 Å². The summed E-state index contributed by atoms with van der Waals surface area (Å²) < 4.78 is 0. The monoisotopic (exact) mass is 368 g/mol. The minimum Gasteiger partial charge on any atom is -0.349 e. The summed E-state index contributed by atoms with van der Waals surface area (Å²) in [5.74, 6) is 0.550. The van der Waals surface area contributed by atoms with Crippen molar-refractivity contribution < 1.29 is 9.59 Å². The van der Waals surface area contributed by atoms with Crippen molar-refractivity contribution in [3.63, 3.8) is 0 Å². The van der Waals surface area contributed by atoms with E-state index in [4.69, 9.17) is 23.2 Å². The molecule has 130 valence electrons. The van der Waals surface area contributed by atoms with Gasteiger partial charge in [0.15, 0.2) is 0 Å². The molecule has 1 atom stereocenters. The first-order chi connectivity index (χ1) is 11.5. The van der Waals surface area contributed by atoms with Gasteiger partial charge in [0.05, 0.1) is 16.1 Å². The predicted octanol–water partition coefficient (Wildman–Crippen LogP) is 3.82. The molecule has 0 radical (unpaired) electrons. The van der Waals surface area contributed by atoms with Crippen molar-refractivity contribution in [2.75, 3.05) is 13.1 Å². The second-order valence-electron chi connectivity index (χ2n) is 6.78. The minimum atomic E-state index is -0.126. The highest BCUT2D eigenvalue weighted by Crippen LogP contribution is 2.32. The van der Waals surface area contributed by atoms with E-state index in [-0.39, 0.29) is 29.7 Å². The van der Waals surface area contributed by atoms with Gasteiger partial charge >= 0.3 is 0 Å². The number of hydrogen-bond donors (Lipinski definition) is 1. The van der Waals surface area contributed by atoms with Gasteiger partial charge in [0, 0.05) is 24.9 Å². The Kier molecular flexibility index (Phi) is 5.36. The molecule has 1 saturated heterocycles. The lowest BCUT2D eigenvalue weighted by molar-refractivity contribution is -0.136. The lowest BCUT2D eigenvalue weighted by atomic mass is 9.95. The molecule has 1 aromatic rings. The largest absolute Gasteiger partial charge is 0.349 e. The smallest absolute Gasteiger partial charge is 0.225 e. The number of hydrogen-bond acceptors (Lipinski definition) is 2. The van der Waals surface area contributed by atoms with Crippen LogP contribution in [0.15, 0.2) is 18.2 Å². The number of piperidine rings is 1. The van der Waals surface area contributed by atoms with Crippen molar-refractivity contribution in [3.05, 3.63) is 33.8 Å². The number of nitrogens with one attached hydrogen (secondary N) is 1. The molecule has 24 heavy (non-hydrogen) atoms. The van der Waals surface area contributed by atoms with Crippen LogP contribution in [-0.4, -0.2) is 29.8 Å². The van der Waals surface area contributed by atoms with Crippen LogP contribution in [0.5, 0.6) is 0 Å². The Morgan fingerprint density at radius 3 is 2.33 bits per heavy atom. The second-order valence-corrected chi connectivity index (χ2v) is 7.59. The first-order valence-corrected chi connectivity index (χ1v) is 9.25. The van der Waals surface area contributed by atoms with Crippen molar-refractivity contribution >= 4 is 35.0 Å². The molecule has 1 aromatic carbocycles. The van der Waals surface area contributed by atoms with Crippen molar-refractivity contribution in [1.82, 2.24) is 10.2 Å². The number of amides is 2. The Morgan fingerprint density at radius 2 is 1.75 bits per heavy atom. The second kappa shape index (κ2) is 7.32. The van der Waals surface area contributed by atoms with Crippen LogP contribution in [0, 0.1) is 11.8 Å². The number of carbonyl (C=O) groups excluding carboxylic acids is 2. The Morgan fingerprint density at radius 1 is 1.08 bits per heavy atom. The third-order valence-electron chi connectivity index (χ3n) is 4.91. The standard InChI is InChI=1S/C18H22Cl2N2O2/c1-11(14-4-5-15(19)16(20)10-14)21-17(23)12-6-8-22(9-7-12)18(24)13-2-3-13/h4-5,10-13H,2-3,6-9H2,1H3,(H,21,23). The summed E-state index contributed by atoms with van der Waals surface area (Å²) in [6.45, 7) is 3.31. The Labute approximate surface area is 152 Å². The van der Waals surface area contributed by atoms with Crippen LogP contribution in [0.1, 0.15) is 44.2 Å². The summed E-state index contributed by atoms with van der Waals surface area (Å²) in [5.41, 5.74) is 0.930. The van der Waals surface area contributed by atoms with E-state index < -0.39 is 0 Å². The average Bonchev–Trinajstić information content (AvgIpc) is 3.41. The summed E-state index contributed by atoms with van der Waals surface area (Å²) in [4.78, 5) is 26.5. The van der Waals surface area contributed by atoms with Gasteiger partial charge in [0.25, 0.3) is 0 Å². The van der Waals surface area contributed by atoms with Gasteiger partial charge in [0.1, 0.15) is 0 Å². The molecule has 4 nitrogen and oxygen atoms in total. The van der Waals surface area contributed by atoms with E-state index in [1.165, 1.54) is 0 Å². The van der Waals surface area contributed by atoms with Gasteiger partial charge in [-0.05, 0) is 50.3 Å². The first-order valence-electron chi connectivity index (χ1n) is 8.50. The SMILES string of the molecule is CC(NC(=O)C1CCN(C(=O)C2CC2)CC1)c1ccc(Cl)c(Cl)c1. The van der Waals surface area contributed by atoms with E-state index in [0.29, 0.717) is 23.1 Å². The van der Waals surface area contributed by atoms with Gasteiger partial charge in [-0.25, -0.2) is 0 Å². The first kappa shape index (κ1) is 17.6. The normalized spacial score (nSPS) is 19.9. The summed E-state index contributed by atoms with van der Waals surface area (Å²) in [6.07, 6.45) is 3.53. The van der Waals surface area contributed by atoms with Gasteiger partial charge in [-0.3, -0.25) is 9.59 Å². The van der Waals surface area contributed by atoms with E-state index in [1.807, 2.05) is 17.9 Å². The van der Waals surface area contributed by atoms with Crippen LogP contribution in [0.25, 0.3) is 0 Å². The molecule has 0 bridgehead atoms. The Balaban J connectivity index is 1.51. The molecule has 2 fully saturated rings. The molecule has 0 spiro atoms. The number of halogens is 2. The quantitative estimate of drug-likeness (QED) is 0.877. The Bertz CT molecular complexity index is 638. The number of benzene rings is 1. The fourth-order valence-corrected chi connectivity index (χ4v) is 3.45. The highest BCUT2D eigenvalue weighted by molar-refractivity contribution is 6.42. The molecule has 3 rings (SSSR count). The maximum absolute atomic E-state index is 12.5. The maximum Gasteiger partial charge on any atom is 0.225 e. The molecule has 1 aliphatic carbocycles. The van der Waals surface area contributed by atoms with Crippen LogP contribution in [0.2, 0.25) is 10.0 Å². The van der Waals surface area contributed by atoms with Crippen LogP contribution in [0.4, 0.5) is 0 Å². The molecule has 1 aliphatic heterocycles. The van der Waals surface area contributed by atoms with E-state index in [9.17, 15) is 9.59 Å². The van der Waals surface area contributed by atoms with Gasteiger partial charge < -0.3 is 10.2 Å². The molecule has 1 N–H and O–H groups in total. The van der Waals surface area contributed by atoms with Gasteiger partial charge in [-0.2, -0.15) is 0 Å². The summed E-state index contributed by atoms with van der Waals surface area (Å²) in [6, 6.07) is 5.27. The van der Waals surface area contributed by atoms with E-state index in [2.05, 4.69) is 5.32 Å². The summed E-state index contributed by atoms with van der Waals surface area (Å²) in [5, 5.41) is 4.04. The lowest BCUT2D eigenvalue weighted by Crippen LogP contribution is -2.44. The maximum atomic E-state index is 12.5. The molecule has 1 saturated carbocycles.